The highest BCUT2D eigenvalue weighted by Crippen LogP contribution is 2.18. The fourth-order valence-electron chi connectivity index (χ4n) is 3.01. The van der Waals surface area contributed by atoms with Gasteiger partial charge in [-0.25, -0.2) is 15.6 Å². The number of rotatable bonds is 7. The number of hydrazine groups is 2. The van der Waals surface area contributed by atoms with Crippen molar-refractivity contribution < 1.29 is 33.5 Å². The lowest BCUT2D eigenvalue weighted by Crippen LogP contribution is -2.57. The summed E-state index contributed by atoms with van der Waals surface area (Å²) < 4.78 is 4.86. The van der Waals surface area contributed by atoms with Gasteiger partial charge in [0.25, 0.3) is 11.8 Å². The predicted octanol–water partition coefficient (Wildman–Crippen LogP) is -2.52. The molecule has 4 atom stereocenters. The lowest BCUT2D eigenvalue weighted by atomic mass is 10.2. The zero-order valence-corrected chi connectivity index (χ0v) is 18.8. The number of likely N-dealkylation sites (tertiary alicyclic amines) is 1. The summed E-state index contributed by atoms with van der Waals surface area (Å²) in [5.74, 6) is 2.20. The first kappa shape index (κ1) is 26.6. The fraction of sp³-hybridized carbons (Fsp3) is 0.667. The maximum Gasteiger partial charge on any atom is 0.429 e. The van der Waals surface area contributed by atoms with Gasteiger partial charge in [0.05, 0.1) is 0 Å². The van der Waals surface area contributed by atoms with Gasteiger partial charge in [-0.15, -0.1) is 0 Å². The first-order valence-corrected chi connectivity index (χ1v) is 10.0. The zero-order chi connectivity index (χ0) is 24.6. The second-order valence-corrected chi connectivity index (χ2v) is 7.41. The van der Waals surface area contributed by atoms with E-state index in [2.05, 4.69) is 16.1 Å². The molecule has 0 saturated carbocycles. The van der Waals surface area contributed by atoms with Gasteiger partial charge >= 0.3 is 6.09 Å². The van der Waals surface area contributed by atoms with Crippen LogP contribution in [0.15, 0.2) is 0 Å². The molecule has 0 aromatic rings. The van der Waals surface area contributed by atoms with E-state index >= 15 is 0 Å². The Morgan fingerprint density at radius 2 is 1.66 bits per heavy atom. The molecule has 0 aromatic carbocycles. The van der Waals surface area contributed by atoms with Crippen LogP contribution in [0.4, 0.5) is 4.79 Å². The van der Waals surface area contributed by atoms with Gasteiger partial charge in [-0.2, -0.15) is 0 Å². The van der Waals surface area contributed by atoms with Crippen molar-refractivity contribution in [2.75, 3.05) is 13.6 Å². The number of nitrogens with two attached hydrogens (primary N) is 1. The van der Waals surface area contributed by atoms with E-state index in [0.717, 1.165) is 5.01 Å². The highest BCUT2D eigenvalue weighted by atomic mass is 16.6. The van der Waals surface area contributed by atoms with Gasteiger partial charge in [0.1, 0.15) is 18.1 Å². The minimum Gasteiger partial charge on any atom is -0.435 e. The van der Waals surface area contributed by atoms with Crippen LogP contribution in [0.5, 0.6) is 0 Å². The van der Waals surface area contributed by atoms with Crippen molar-refractivity contribution in [1.82, 2.24) is 31.4 Å². The molecular formula is C18H31N7O7. The van der Waals surface area contributed by atoms with Crippen LogP contribution in [0.1, 0.15) is 40.5 Å². The first-order chi connectivity index (χ1) is 14.9. The Morgan fingerprint density at radius 1 is 1.03 bits per heavy atom. The molecule has 1 fully saturated rings. The highest BCUT2D eigenvalue weighted by Gasteiger charge is 2.37. The van der Waals surface area contributed by atoms with Crippen LogP contribution in [-0.2, 0) is 28.7 Å². The third kappa shape index (κ3) is 7.37. The fourth-order valence-corrected chi connectivity index (χ4v) is 3.01. The van der Waals surface area contributed by atoms with Crippen molar-refractivity contribution in [2.45, 2.75) is 64.8 Å². The molecule has 14 nitrogen and oxygen atoms in total. The highest BCUT2D eigenvalue weighted by molar-refractivity contribution is 5.94. The Hall–Kier alpha value is -3.42. The maximum absolute atomic E-state index is 12.8. The molecule has 0 aromatic heterocycles. The van der Waals surface area contributed by atoms with Crippen molar-refractivity contribution >= 4 is 35.6 Å². The standard InChI is InChI=1S/C18H31N7O7/c1-9(20-12(4)26)14(27)21-10(2)17(30)25-8-6-7-13(25)16(29)23-24(5)18(31)32-11(3)15(28)22-19/h9-11,13H,6-8,19H2,1-5H3,(H,20,26)(H,21,27)(H,22,28)(H,23,29)/t9-,10-,11-,13-/m0/s1. The summed E-state index contributed by atoms with van der Waals surface area (Å²) in [4.78, 5) is 73.3. The molecule has 180 valence electrons. The normalized spacial score (nSPS) is 17.9. The molecule has 0 aliphatic carbocycles. The van der Waals surface area contributed by atoms with Gasteiger partial charge in [0, 0.05) is 20.5 Å². The van der Waals surface area contributed by atoms with Crippen LogP contribution in [0.2, 0.25) is 0 Å². The third-order valence-corrected chi connectivity index (χ3v) is 4.72. The zero-order valence-electron chi connectivity index (χ0n) is 18.8. The summed E-state index contributed by atoms with van der Waals surface area (Å²) in [6.45, 7) is 5.82. The molecule has 0 radical (unpaired) electrons. The van der Waals surface area contributed by atoms with Gasteiger partial charge in [0.15, 0.2) is 6.10 Å². The van der Waals surface area contributed by atoms with Crippen molar-refractivity contribution in [3.63, 3.8) is 0 Å². The molecule has 0 spiro atoms. The molecule has 1 saturated heterocycles. The average molecular weight is 457 g/mol. The molecular weight excluding hydrogens is 426 g/mol. The Labute approximate surface area is 185 Å². The number of nitrogens with zero attached hydrogens (tertiary/aromatic N) is 2. The largest absolute Gasteiger partial charge is 0.435 e. The average Bonchev–Trinajstić information content (AvgIpc) is 3.21. The van der Waals surface area contributed by atoms with Crippen LogP contribution in [0.25, 0.3) is 0 Å². The quantitative estimate of drug-likeness (QED) is 0.157. The number of nitrogens with one attached hydrogen (secondary N) is 4. The minimum atomic E-state index is -1.18. The van der Waals surface area contributed by atoms with Crippen molar-refractivity contribution in [3.8, 4) is 0 Å². The lowest BCUT2D eigenvalue weighted by molar-refractivity contribution is -0.142. The van der Waals surface area contributed by atoms with Gasteiger partial charge in [-0.1, -0.05) is 0 Å². The van der Waals surface area contributed by atoms with E-state index in [1.807, 2.05) is 5.43 Å². The van der Waals surface area contributed by atoms with Crippen LogP contribution in [0.3, 0.4) is 0 Å². The van der Waals surface area contributed by atoms with E-state index in [-0.39, 0.29) is 5.91 Å². The van der Waals surface area contributed by atoms with E-state index in [1.165, 1.54) is 39.6 Å². The number of ether oxygens (including phenoxy) is 1. The number of amides is 6. The number of hydrogen-bond acceptors (Lipinski definition) is 8. The monoisotopic (exact) mass is 457 g/mol. The summed E-state index contributed by atoms with van der Waals surface area (Å²) in [6.07, 6.45) is -1.27. The van der Waals surface area contributed by atoms with Crippen LogP contribution >= 0.6 is 0 Å². The Morgan fingerprint density at radius 3 is 2.22 bits per heavy atom. The molecule has 1 rings (SSSR count). The Kier molecular flexibility index (Phi) is 9.84. The van der Waals surface area contributed by atoms with E-state index in [1.54, 1.807) is 0 Å². The van der Waals surface area contributed by atoms with Gasteiger partial charge in [-0.05, 0) is 33.6 Å². The van der Waals surface area contributed by atoms with Gasteiger partial charge in [0.2, 0.25) is 17.7 Å². The van der Waals surface area contributed by atoms with Gasteiger partial charge in [-0.3, -0.25) is 34.8 Å². The second kappa shape index (κ2) is 11.8. The maximum atomic E-state index is 12.8. The van der Waals surface area contributed by atoms with Crippen molar-refractivity contribution in [3.05, 3.63) is 0 Å². The number of carbonyl (C=O) groups is 6. The molecule has 0 bridgehead atoms. The molecule has 0 unspecified atom stereocenters. The lowest BCUT2D eigenvalue weighted by Gasteiger charge is -2.29. The molecule has 14 heteroatoms. The summed E-state index contributed by atoms with van der Waals surface area (Å²) in [7, 11) is 1.22. The van der Waals surface area contributed by atoms with Crippen molar-refractivity contribution in [2.24, 2.45) is 5.84 Å². The predicted molar refractivity (Wildman–Crippen MR) is 110 cm³/mol. The molecule has 6 amide bonds. The van der Waals surface area contributed by atoms with Crippen LogP contribution in [-0.4, -0.2) is 83.4 Å². The summed E-state index contributed by atoms with van der Waals surface area (Å²) >= 11 is 0. The topological polar surface area (TPSA) is 192 Å². The number of carbonyl (C=O) groups excluding carboxylic acids is 6. The summed E-state index contributed by atoms with van der Waals surface area (Å²) in [5, 5.41) is 5.68. The molecule has 1 aliphatic rings. The van der Waals surface area contributed by atoms with Crippen LogP contribution in [0, 0.1) is 0 Å². The molecule has 6 N–H and O–H groups in total. The third-order valence-electron chi connectivity index (χ3n) is 4.72. The van der Waals surface area contributed by atoms with Crippen LogP contribution < -0.4 is 27.3 Å². The molecule has 1 aliphatic heterocycles. The summed E-state index contributed by atoms with van der Waals surface area (Å²) in [6, 6.07) is -2.64. The summed E-state index contributed by atoms with van der Waals surface area (Å²) in [5.41, 5.74) is 4.15. The minimum absolute atomic E-state index is 0.292. The van der Waals surface area contributed by atoms with E-state index in [4.69, 9.17) is 10.6 Å². The number of hydrogen-bond donors (Lipinski definition) is 5. The Balaban J connectivity index is 2.69. The second-order valence-electron chi connectivity index (χ2n) is 7.41. The van der Waals surface area contributed by atoms with Gasteiger partial charge < -0.3 is 20.3 Å². The molecule has 32 heavy (non-hydrogen) atoms. The van der Waals surface area contributed by atoms with E-state index in [9.17, 15) is 28.8 Å². The Bertz CT molecular complexity index is 760. The SMILES string of the molecule is CC(=O)N[C@@H](C)C(=O)N[C@@H](C)C(=O)N1CCC[C@H]1C(=O)NN(C)C(=O)O[C@@H](C)C(=O)NN. The van der Waals surface area contributed by atoms with Crippen molar-refractivity contribution in [1.29, 1.82) is 0 Å². The van der Waals surface area contributed by atoms with E-state index in [0.29, 0.717) is 19.4 Å². The molecule has 1 heterocycles. The smallest absolute Gasteiger partial charge is 0.429 e. The first-order valence-electron chi connectivity index (χ1n) is 10.0. The van der Waals surface area contributed by atoms with E-state index < -0.39 is 54.0 Å².